The smallest absolute Gasteiger partial charge is 0.134 e. The van der Waals surface area contributed by atoms with Gasteiger partial charge in [-0.25, -0.2) is 4.98 Å². The van der Waals surface area contributed by atoms with Gasteiger partial charge in [0.05, 0.1) is 12.6 Å². The molecule has 0 aliphatic carbocycles. The van der Waals surface area contributed by atoms with E-state index in [9.17, 15) is 0 Å². The van der Waals surface area contributed by atoms with Gasteiger partial charge in [0, 0.05) is 24.6 Å². The summed E-state index contributed by atoms with van der Waals surface area (Å²) in [5.74, 6) is 1.49. The highest BCUT2D eigenvalue weighted by Crippen LogP contribution is 2.21. The Balaban J connectivity index is 2.24. The fourth-order valence-corrected chi connectivity index (χ4v) is 2.22. The standard InChI is InChI=1S/C14H17ClN2O/c1-18-10-12(6-8-15)17-14-13-5-3-2-4-11(13)7-9-16-14/h2-5,7,9,12H,6,8,10H2,1H3,(H,16,17). The van der Waals surface area contributed by atoms with Crippen molar-refractivity contribution in [3.63, 3.8) is 0 Å². The van der Waals surface area contributed by atoms with Gasteiger partial charge in [-0.05, 0) is 17.9 Å². The second kappa shape index (κ2) is 6.57. The fourth-order valence-electron chi connectivity index (χ4n) is 1.96. The first-order valence-corrected chi connectivity index (χ1v) is 6.54. The van der Waals surface area contributed by atoms with Gasteiger partial charge >= 0.3 is 0 Å². The van der Waals surface area contributed by atoms with Crippen LogP contribution in [0.25, 0.3) is 10.8 Å². The molecule has 0 amide bonds. The topological polar surface area (TPSA) is 34.1 Å². The first kappa shape index (κ1) is 13.1. The summed E-state index contributed by atoms with van der Waals surface area (Å²) in [4.78, 5) is 4.40. The van der Waals surface area contributed by atoms with Crippen LogP contribution >= 0.6 is 11.6 Å². The molecule has 0 aliphatic rings. The first-order chi connectivity index (χ1) is 8.85. The molecule has 1 atom stereocenters. The van der Waals surface area contributed by atoms with Crippen molar-refractivity contribution in [3.8, 4) is 0 Å². The molecular formula is C14H17ClN2O. The molecule has 1 aromatic carbocycles. The van der Waals surface area contributed by atoms with E-state index in [4.69, 9.17) is 16.3 Å². The van der Waals surface area contributed by atoms with E-state index in [2.05, 4.69) is 22.4 Å². The van der Waals surface area contributed by atoms with Gasteiger partial charge in [0.15, 0.2) is 0 Å². The third-order valence-corrected chi connectivity index (χ3v) is 3.06. The molecular weight excluding hydrogens is 248 g/mol. The molecule has 4 heteroatoms. The first-order valence-electron chi connectivity index (χ1n) is 6.00. The van der Waals surface area contributed by atoms with E-state index < -0.39 is 0 Å². The van der Waals surface area contributed by atoms with E-state index in [-0.39, 0.29) is 6.04 Å². The lowest BCUT2D eigenvalue weighted by Gasteiger charge is -2.18. The van der Waals surface area contributed by atoms with Gasteiger partial charge in [-0.15, -0.1) is 11.6 Å². The van der Waals surface area contributed by atoms with Crippen LogP contribution in [0.4, 0.5) is 5.82 Å². The zero-order chi connectivity index (χ0) is 12.8. The number of rotatable bonds is 6. The largest absolute Gasteiger partial charge is 0.383 e. The van der Waals surface area contributed by atoms with Gasteiger partial charge in [0.1, 0.15) is 5.82 Å². The predicted octanol–water partition coefficient (Wildman–Crippen LogP) is 3.29. The molecule has 96 valence electrons. The van der Waals surface area contributed by atoms with Crippen LogP contribution in [0.2, 0.25) is 0 Å². The summed E-state index contributed by atoms with van der Waals surface area (Å²) in [5, 5.41) is 5.70. The van der Waals surface area contributed by atoms with Crippen molar-refractivity contribution in [1.82, 2.24) is 4.98 Å². The summed E-state index contributed by atoms with van der Waals surface area (Å²) >= 11 is 5.80. The Morgan fingerprint density at radius 3 is 2.94 bits per heavy atom. The highest BCUT2D eigenvalue weighted by Gasteiger charge is 2.10. The molecule has 1 aromatic heterocycles. The summed E-state index contributed by atoms with van der Waals surface area (Å²) < 4.78 is 5.19. The molecule has 2 aromatic rings. The van der Waals surface area contributed by atoms with Gasteiger partial charge in [0.25, 0.3) is 0 Å². The molecule has 0 bridgehead atoms. The summed E-state index contributed by atoms with van der Waals surface area (Å²) in [7, 11) is 1.69. The monoisotopic (exact) mass is 264 g/mol. The third kappa shape index (κ3) is 3.12. The van der Waals surface area contributed by atoms with Gasteiger partial charge in [-0.1, -0.05) is 24.3 Å². The second-order valence-electron chi connectivity index (χ2n) is 4.15. The Morgan fingerprint density at radius 1 is 1.33 bits per heavy atom. The molecule has 1 N–H and O–H groups in total. The summed E-state index contributed by atoms with van der Waals surface area (Å²) in [6, 6.07) is 10.4. The maximum atomic E-state index is 5.80. The number of pyridine rings is 1. The number of hydrogen-bond donors (Lipinski definition) is 1. The van der Waals surface area contributed by atoms with Crippen LogP contribution in [-0.4, -0.2) is 30.6 Å². The number of alkyl halides is 1. The number of ether oxygens (including phenoxy) is 1. The van der Waals surface area contributed by atoms with Gasteiger partial charge in [0.2, 0.25) is 0 Å². The van der Waals surface area contributed by atoms with Crippen LogP contribution in [0.1, 0.15) is 6.42 Å². The fraction of sp³-hybridized carbons (Fsp3) is 0.357. The van der Waals surface area contributed by atoms with E-state index in [1.165, 1.54) is 5.39 Å². The quantitative estimate of drug-likeness (QED) is 0.813. The lowest BCUT2D eigenvalue weighted by Crippen LogP contribution is -2.26. The minimum absolute atomic E-state index is 0.186. The van der Waals surface area contributed by atoms with Crippen molar-refractivity contribution < 1.29 is 4.74 Å². The number of anilines is 1. The van der Waals surface area contributed by atoms with E-state index in [0.29, 0.717) is 12.5 Å². The number of nitrogens with one attached hydrogen (secondary N) is 1. The number of halogens is 1. The Kier molecular flexibility index (Phi) is 4.79. The Morgan fingerprint density at radius 2 is 2.17 bits per heavy atom. The second-order valence-corrected chi connectivity index (χ2v) is 4.53. The number of fused-ring (bicyclic) bond motifs is 1. The molecule has 0 saturated heterocycles. The maximum Gasteiger partial charge on any atom is 0.134 e. The minimum atomic E-state index is 0.186. The maximum absolute atomic E-state index is 5.80. The summed E-state index contributed by atoms with van der Waals surface area (Å²) in [6.45, 7) is 0.623. The van der Waals surface area contributed by atoms with Crippen LogP contribution in [0.15, 0.2) is 36.5 Å². The molecule has 0 fully saturated rings. The molecule has 18 heavy (non-hydrogen) atoms. The van der Waals surface area contributed by atoms with Gasteiger partial charge in [-0.2, -0.15) is 0 Å². The lowest BCUT2D eigenvalue weighted by atomic mass is 10.1. The Hall–Kier alpha value is -1.32. The number of aromatic nitrogens is 1. The number of benzene rings is 1. The van der Waals surface area contributed by atoms with E-state index in [0.717, 1.165) is 17.6 Å². The van der Waals surface area contributed by atoms with E-state index >= 15 is 0 Å². The number of methoxy groups -OCH3 is 1. The van der Waals surface area contributed by atoms with Gasteiger partial charge < -0.3 is 10.1 Å². The van der Waals surface area contributed by atoms with E-state index in [1.54, 1.807) is 7.11 Å². The highest BCUT2D eigenvalue weighted by molar-refractivity contribution is 6.17. The van der Waals surface area contributed by atoms with Crippen LogP contribution < -0.4 is 5.32 Å². The van der Waals surface area contributed by atoms with Gasteiger partial charge in [-0.3, -0.25) is 0 Å². The van der Waals surface area contributed by atoms with Crippen LogP contribution in [0.5, 0.6) is 0 Å². The normalized spacial score (nSPS) is 12.6. The van der Waals surface area contributed by atoms with Crippen LogP contribution in [-0.2, 0) is 4.74 Å². The summed E-state index contributed by atoms with van der Waals surface area (Å²) in [6.07, 6.45) is 2.66. The molecule has 1 unspecified atom stereocenters. The van der Waals surface area contributed by atoms with Crippen molar-refractivity contribution in [2.75, 3.05) is 24.9 Å². The summed E-state index contributed by atoms with van der Waals surface area (Å²) in [5.41, 5.74) is 0. The Labute approximate surface area is 112 Å². The van der Waals surface area contributed by atoms with Crippen LogP contribution in [0, 0.1) is 0 Å². The van der Waals surface area contributed by atoms with Crippen molar-refractivity contribution >= 4 is 28.2 Å². The minimum Gasteiger partial charge on any atom is -0.383 e. The average Bonchev–Trinajstić information content (AvgIpc) is 2.40. The van der Waals surface area contributed by atoms with Crippen molar-refractivity contribution in [3.05, 3.63) is 36.5 Å². The number of hydrogen-bond acceptors (Lipinski definition) is 3. The van der Waals surface area contributed by atoms with E-state index in [1.807, 2.05) is 24.4 Å². The zero-order valence-corrected chi connectivity index (χ0v) is 11.2. The van der Waals surface area contributed by atoms with Crippen molar-refractivity contribution in [1.29, 1.82) is 0 Å². The Bertz CT molecular complexity index is 493. The molecule has 0 spiro atoms. The van der Waals surface area contributed by atoms with Crippen LogP contribution in [0.3, 0.4) is 0 Å². The molecule has 0 aliphatic heterocycles. The van der Waals surface area contributed by atoms with Crippen molar-refractivity contribution in [2.45, 2.75) is 12.5 Å². The highest BCUT2D eigenvalue weighted by atomic mass is 35.5. The molecule has 0 radical (unpaired) electrons. The van der Waals surface area contributed by atoms with Crippen molar-refractivity contribution in [2.24, 2.45) is 0 Å². The predicted molar refractivity (Wildman–Crippen MR) is 76.4 cm³/mol. The molecule has 1 heterocycles. The average molecular weight is 265 g/mol. The SMILES string of the molecule is COCC(CCCl)Nc1nccc2ccccc12. The molecule has 3 nitrogen and oxygen atoms in total. The number of nitrogens with zero attached hydrogens (tertiary/aromatic N) is 1. The molecule has 0 saturated carbocycles. The lowest BCUT2D eigenvalue weighted by molar-refractivity contribution is 0.184. The third-order valence-electron chi connectivity index (χ3n) is 2.84. The zero-order valence-electron chi connectivity index (χ0n) is 10.4. The molecule has 2 rings (SSSR count).